The van der Waals surface area contributed by atoms with E-state index >= 15 is 0 Å². The number of hydrogen-bond donors (Lipinski definition) is 0. The molecule has 0 aromatic rings. The van der Waals surface area contributed by atoms with Gasteiger partial charge in [-0.1, -0.05) is 73.6 Å². The summed E-state index contributed by atoms with van der Waals surface area (Å²) in [6.45, 7) is 14.7. The lowest BCUT2D eigenvalue weighted by Crippen LogP contribution is -2.27. The van der Waals surface area contributed by atoms with Gasteiger partial charge in [-0.25, -0.2) is 0 Å². The Morgan fingerprint density at radius 1 is 0.684 bits per heavy atom. The Morgan fingerprint density at radius 3 is 1.63 bits per heavy atom. The van der Waals surface area contributed by atoms with E-state index in [1.54, 1.807) is 0 Å². The van der Waals surface area contributed by atoms with Gasteiger partial charge in [-0.05, 0) is 48.3 Å². The Bertz CT molecular complexity index is 240. The molecule has 1 fully saturated rings. The third-order valence-corrected chi connectivity index (χ3v) is 6.06. The highest BCUT2D eigenvalue weighted by molar-refractivity contribution is 5.01. The molecule has 4 unspecified atom stereocenters. The molecule has 0 radical (unpaired) electrons. The maximum absolute atomic E-state index is 2.59. The zero-order valence-corrected chi connectivity index (χ0v) is 14.5. The summed E-state index contributed by atoms with van der Waals surface area (Å²) in [6.07, 6.45) is 11.3. The Hall–Kier alpha value is 0. The van der Waals surface area contributed by atoms with Crippen LogP contribution in [-0.4, -0.2) is 0 Å². The van der Waals surface area contributed by atoms with Crippen LogP contribution in [0.5, 0.6) is 0 Å². The van der Waals surface area contributed by atoms with Crippen LogP contribution in [0.25, 0.3) is 0 Å². The SMILES string of the molecule is CCCCC1C(CC)C(CCC)C(C)(C)C1CCC. The second-order valence-electron chi connectivity index (χ2n) is 7.49. The normalized spacial score (nSPS) is 33.8. The van der Waals surface area contributed by atoms with Crippen LogP contribution in [0.2, 0.25) is 0 Å². The summed E-state index contributed by atoms with van der Waals surface area (Å²) in [5, 5.41) is 0. The van der Waals surface area contributed by atoms with Crippen molar-refractivity contribution in [2.45, 2.75) is 92.9 Å². The summed E-state index contributed by atoms with van der Waals surface area (Å²) < 4.78 is 0. The Labute approximate surface area is 122 Å². The average Bonchev–Trinajstić information content (AvgIpc) is 2.58. The molecule has 114 valence electrons. The van der Waals surface area contributed by atoms with Crippen molar-refractivity contribution >= 4 is 0 Å². The highest BCUT2D eigenvalue weighted by Gasteiger charge is 2.52. The molecule has 19 heavy (non-hydrogen) atoms. The predicted molar refractivity (Wildman–Crippen MR) is 87.4 cm³/mol. The van der Waals surface area contributed by atoms with Crippen molar-refractivity contribution in [1.82, 2.24) is 0 Å². The summed E-state index contributed by atoms with van der Waals surface area (Å²) in [5.41, 5.74) is 0.575. The van der Waals surface area contributed by atoms with Crippen molar-refractivity contribution in [3.8, 4) is 0 Å². The zero-order valence-electron chi connectivity index (χ0n) is 14.5. The topological polar surface area (TPSA) is 0 Å². The van der Waals surface area contributed by atoms with E-state index in [4.69, 9.17) is 0 Å². The summed E-state index contributed by atoms with van der Waals surface area (Å²) in [4.78, 5) is 0. The number of hydrogen-bond acceptors (Lipinski definition) is 0. The minimum Gasteiger partial charge on any atom is -0.0654 e. The monoisotopic (exact) mass is 266 g/mol. The molecular weight excluding hydrogens is 228 g/mol. The first-order valence-corrected chi connectivity index (χ1v) is 9.04. The quantitative estimate of drug-likeness (QED) is 0.459. The van der Waals surface area contributed by atoms with E-state index in [0.717, 1.165) is 23.7 Å². The lowest BCUT2D eigenvalue weighted by Gasteiger charge is -2.35. The molecule has 0 aliphatic heterocycles. The maximum Gasteiger partial charge on any atom is -0.0292 e. The van der Waals surface area contributed by atoms with Crippen LogP contribution in [0.1, 0.15) is 92.9 Å². The fourth-order valence-electron chi connectivity index (χ4n) is 5.21. The van der Waals surface area contributed by atoms with E-state index < -0.39 is 0 Å². The van der Waals surface area contributed by atoms with Gasteiger partial charge in [0, 0.05) is 0 Å². The van der Waals surface area contributed by atoms with Crippen LogP contribution in [0.3, 0.4) is 0 Å². The highest BCUT2D eigenvalue weighted by atomic mass is 14.6. The molecule has 4 atom stereocenters. The minimum absolute atomic E-state index is 0.575. The highest BCUT2D eigenvalue weighted by Crippen LogP contribution is 2.59. The molecule has 1 saturated carbocycles. The average molecular weight is 267 g/mol. The lowest BCUT2D eigenvalue weighted by molar-refractivity contribution is 0.144. The molecule has 0 aromatic heterocycles. The third kappa shape index (κ3) is 3.56. The van der Waals surface area contributed by atoms with E-state index in [0.29, 0.717) is 5.41 Å². The van der Waals surface area contributed by atoms with Gasteiger partial charge in [-0.3, -0.25) is 0 Å². The summed E-state index contributed by atoms with van der Waals surface area (Å²) in [6, 6.07) is 0. The molecule has 1 rings (SSSR count). The summed E-state index contributed by atoms with van der Waals surface area (Å²) >= 11 is 0. The summed E-state index contributed by atoms with van der Waals surface area (Å²) in [7, 11) is 0. The molecular formula is C19H38. The Morgan fingerprint density at radius 2 is 1.21 bits per heavy atom. The van der Waals surface area contributed by atoms with Crippen LogP contribution >= 0.6 is 0 Å². The largest absolute Gasteiger partial charge is 0.0654 e. The maximum atomic E-state index is 2.59. The van der Waals surface area contributed by atoms with Gasteiger partial charge in [0.15, 0.2) is 0 Å². The van der Waals surface area contributed by atoms with Gasteiger partial charge in [-0.15, -0.1) is 0 Å². The van der Waals surface area contributed by atoms with Crippen LogP contribution < -0.4 is 0 Å². The van der Waals surface area contributed by atoms with Crippen molar-refractivity contribution < 1.29 is 0 Å². The second kappa shape index (κ2) is 7.70. The van der Waals surface area contributed by atoms with Crippen molar-refractivity contribution in [1.29, 1.82) is 0 Å². The van der Waals surface area contributed by atoms with Crippen molar-refractivity contribution in [3.05, 3.63) is 0 Å². The second-order valence-corrected chi connectivity index (χ2v) is 7.49. The first kappa shape index (κ1) is 17.1. The van der Waals surface area contributed by atoms with E-state index in [1.165, 1.54) is 51.4 Å². The van der Waals surface area contributed by atoms with Crippen LogP contribution in [0.15, 0.2) is 0 Å². The molecule has 0 amide bonds. The van der Waals surface area contributed by atoms with E-state index in [1.807, 2.05) is 0 Å². The molecule has 0 nitrogen and oxygen atoms in total. The van der Waals surface area contributed by atoms with Crippen LogP contribution in [0.4, 0.5) is 0 Å². The molecule has 1 aliphatic carbocycles. The van der Waals surface area contributed by atoms with Gasteiger partial charge in [0.2, 0.25) is 0 Å². The molecule has 1 aliphatic rings. The Kier molecular flexibility index (Phi) is 6.91. The third-order valence-electron chi connectivity index (χ3n) is 6.06. The molecule has 0 N–H and O–H groups in total. The van der Waals surface area contributed by atoms with E-state index in [-0.39, 0.29) is 0 Å². The molecule has 0 bridgehead atoms. The van der Waals surface area contributed by atoms with Crippen LogP contribution in [0, 0.1) is 29.1 Å². The predicted octanol–water partition coefficient (Wildman–Crippen LogP) is 6.69. The fourth-order valence-corrected chi connectivity index (χ4v) is 5.21. The molecule has 0 spiro atoms. The van der Waals surface area contributed by atoms with E-state index in [9.17, 15) is 0 Å². The van der Waals surface area contributed by atoms with Gasteiger partial charge in [0.25, 0.3) is 0 Å². The van der Waals surface area contributed by atoms with E-state index in [2.05, 4.69) is 41.5 Å². The van der Waals surface area contributed by atoms with Crippen molar-refractivity contribution in [2.75, 3.05) is 0 Å². The van der Waals surface area contributed by atoms with Gasteiger partial charge in [0.05, 0.1) is 0 Å². The van der Waals surface area contributed by atoms with Gasteiger partial charge in [0.1, 0.15) is 0 Å². The van der Waals surface area contributed by atoms with Gasteiger partial charge in [-0.2, -0.15) is 0 Å². The number of rotatable bonds is 8. The lowest BCUT2D eigenvalue weighted by atomic mass is 9.70. The smallest absolute Gasteiger partial charge is 0.0292 e. The van der Waals surface area contributed by atoms with Gasteiger partial charge >= 0.3 is 0 Å². The standard InChI is InChI=1S/C19H38/c1-7-11-14-16-15(10-4)17(12-8-2)19(5,6)18(16)13-9-3/h15-18H,7-14H2,1-6H3. The van der Waals surface area contributed by atoms with Crippen LogP contribution in [-0.2, 0) is 0 Å². The molecule has 0 heterocycles. The van der Waals surface area contributed by atoms with Crippen molar-refractivity contribution in [3.63, 3.8) is 0 Å². The Balaban J connectivity index is 2.95. The first-order chi connectivity index (χ1) is 9.04. The summed E-state index contributed by atoms with van der Waals surface area (Å²) in [5.74, 6) is 3.96. The van der Waals surface area contributed by atoms with Crippen molar-refractivity contribution in [2.24, 2.45) is 29.1 Å². The molecule has 0 heteroatoms. The number of unbranched alkanes of at least 4 members (excludes halogenated alkanes) is 1. The minimum atomic E-state index is 0.575. The first-order valence-electron chi connectivity index (χ1n) is 9.04. The zero-order chi connectivity index (χ0) is 14.5. The fraction of sp³-hybridized carbons (Fsp3) is 1.00. The van der Waals surface area contributed by atoms with Gasteiger partial charge < -0.3 is 0 Å². The molecule has 0 saturated heterocycles. The molecule has 0 aromatic carbocycles.